The molecule has 1 fully saturated rings. The summed E-state index contributed by atoms with van der Waals surface area (Å²) in [5.41, 5.74) is 1.02. The standard InChI is InChI=1S/C21H18N2O6/c24-18(20-11-14-5-1-2-6-19(14)29-20)13-28-21(25)16-12-15(23(26)27)7-8-17(16)22-9-3-4-10-22/h1-2,5-8,11-12H,3-4,9-10,13H2. The summed E-state index contributed by atoms with van der Waals surface area (Å²) >= 11 is 0. The number of ether oxygens (including phenoxy) is 1. The molecule has 0 aliphatic carbocycles. The van der Waals surface area contributed by atoms with Crippen molar-refractivity contribution in [3.63, 3.8) is 0 Å². The van der Waals surface area contributed by atoms with Gasteiger partial charge in [-0.15, -0.1) is 0 Å². The molecule has 29 heavy (non-hydrogen) atoms. The lowest BCUT2D eigenvalue weighted by molar-refractivity contribution is -0.384. The van der Waals surface area contributed by atoms with Crippen molar-refractivity contribution < 1.29 is 23.7 Å². The van der Waals surface area contributed by atoms with Crippen molar-refractivity contribution in [3.05, 3.63) is 70.0 Å². The Labute approximate surface area is 165 Å². The quantitative estimate of drug-likeness (QED) is 0.270. The minimum Gasteiger partial charge on any atom is -0.453 e. The third-order valence-electron chi connectivity index (χ3n) is 4.89. The maximum atomic E-state index is 12.7. The van der Waals surface area contributed by atoms with E-state index in [1.807, 2.05) is 17.0 Å². The SMILES string of the molecule is O=C(COC(=O)c1cc([N+](=O)[O-])ccc1N1CCCC1)c1cc2ccccc2o1. The number of anilines is 1. The number of para-hydroxylation sites is 1. The molecule has 0 unspecified atom stereocenters. The van der Waals surface area contributed by atoms with Gasteiger partial charge in [-0.05, 0) is 31.0 Å². The maximum Gasteiger partial charge on any atom is 0.340 e. The number of carbonyl (C=O) groups is 2. The average molecular weight is 394 g/mol. The minimum atomic E-state index is -0.778. The van der Waals surface area contributed by atoms with Gasteiger partial charge in [0.15, 0.2) is 12.4 Å². The number of nitro benzene ring substituents is 1. The van der Waals surface area contributed by atoms with E-state index in [-0.39, 0.29) is 17.0 Å². The van der Waals surface area contributed by atoms with Crippen molar-refractivity contribution in [2.24, 2.45) is 0 Å². The second-order valence-corrected chi connectivity index (χ2v) is 6.80. The molecule has 1 aliphatic heterocycles. The van der Waals surface area contributed by atoms with Crippen LogP contribution in [0.1, 0.15) is 33.8 Å². The van der Waals surface area contributed by atoms with Crippen molar-refractivity contribution >= 4 is 34.1 Å². The van der Waals surface area contributed by atoms with Gasteiger partial charge in [-0.2, -0.15) is 0 Å². The number of benzene rings is 2. The van der Waals surface area contributed by atoms with Crippen LogP contribution in [-0.4, -0.2) is 36.4 Å². The topological polar surface area (TPSA) is 103 Å². The number of fused-ring (bicyclic) bond motifs is 1. The highest BCUT2D eigenvalue weighted by molar-refractivity contribution is 6.01. The molecule has 1 saturated heterocycles. The first-order valence-electron chi connectivity index (χ1n) is 9.25. The van der Waals surface area contributed by atoms with Gasteiger partial charge < -0.3 is 14.1 Å². The average Bonchev–Trinajstić information content (AvgIpc) is 3.41. The molecule has 0 atom stereocenters. The summed E-state index contributed by atoms with van der Waals surface area (Å²) in [6.45, 7) is 1.01. The predicted octanol–water partition coefficient (Wildman–Crippen LogP) is 3.98. The number of Topliss-reactive ketones (excluding diaryl/α,β-unsaturated/α-hetero) is 1. The van der Waals surface area contributed by atoms with Gasteiger partial charge >= 0.3 is 5.97 Å². The molecule has 2 heterocycles. The molecule has 0 saturated carbocycles. The molecule has 0 bridgehead atoms. The molecule has 1 aromatic heterocycles. The Bertz CT molecular complexity index is 1060. The van der Waals surface area contributed by atoms with Gasteiger partial charge in [0, 0.05) is 30.6 Å². The zero-order chi connectivity index (χ0) is 20.4. The molecule has 0 spiro atoms. The summed E-state index contributed by atoms with van der Waals surface area (Å²) in [6, 6.07) is 12.9. The third kappa shape index (κ3) is 3.82. The van der Waals surface area contributed by atoms with Crippen LogP contribution in [-0.2, 0) is 4.74 Å². The molecule has 1 aliphatic rings. The van der Waals surface area contributed by atoms with Crippen molar-refractivity contribution in [1.82, 2.24) is 0 Å². The van der Waals surface area contributed by atoms with Gasteiger partial charge in [0.1, 0.15) is 5.58 Å². The van der Waals surface area contributed by atoms with Crippen molar-refractivity contribution in [2.75, 3.05) is 24.6 Å². The summed E-state index contributed by atoms with van der Waals surface area (Å²) in [7, 11) is 0. The number of ketones is 1. The van der Waals surface area contributed by atoms with Crippen LogP contribution in [0.2, 0.25) is 0 Å². The molecular formula is C21H18N2O6. The molecule has 8 nitrogen and oxygen atoms in total. The van der Waals surface area contributed by atoms with E-state index in [9.17, 15) is 19.7 Å². The second kappa shape index (κ2) is 7.75. The molecule has 3 aromatic rings. The monoisotopic (exact) mass is 394 g/mol. The maximum absolute atomic E-state index is 12.7. The van der Waals surface area contributed by atoms with Crippen LogP contribution in [0.3, 0.4) is 0 Å². The predicted molar refractivity (Wildman–Crippen MR) is 105 cm³/mol. The van der Waals surface area contributed by atoms with E-state index in [2.05, 4.69) is 0 Å². The number of hydrogen-bond donors (Lipinski definition) is 0. The van der Waals surface area contributed by atoms with Crippen LogP contribution in [0.25, 0.3) is 11.0 Å². The van der Waals surface area contributed by atoms with E-state index in [0.717, 1.165) is 31.3 Å². The van der Waals surface area contributed by atoms with E-state index < -0.39 is 23.3 Å². The van der Waals surface area contributed by atoms with Crippen LogP contribution < -0.4 is 4.90 Å². The number of esters is 1. The Morgan fingerprint density at radius 2 is 1.86 bits per heavy atom. The van der Waals surface area contributed by atoms with Gasteiger partial charge in [0.05, 0.1) is 16.2 Å². The van der Waals surface area contributed by atoms with Crippen molar-refractivity contribution in [1.29, 1.82) is 0 Å². The molecule has 148 valence electrons. The van der Waals surface area contributed by atoms with E-state index in [1.165, 1.54) is 12.1 Å². The first-order chi connectivity index (χ1) is 14.0. The van der Waals surface area contributed by atoms with E-state index in [1.54, 1.807) is 24.3 Å². The molecule has 0 amide bonds. The lowest BCUT2D eigenvalue weighted by Crippen LogP contribution is -2.22. The summed E-state index contributed by atoms with van der Waals surface area (Å²) in [5.74, 6) is -1.17. The van der Waals surface area contributed by atoms with Crippen molar-refractivity contribution in [2.45, 2.75) is 12.8 Å². The summed E-state index contributed by atoms with van der Waals surface area (Å²) in [5, 5.41) is 11.9. The number of hydrogen-bond acceptors (Lipinski definition) is 7. The zero-order valence-electron chi connectivity index (χ0n) is 15.5. The molecule has 0 N–H and O–H groups in total. The number of carbonyl (C=O) groups excluding carboxylic acids is 2. The summed E-state index contributed by atoms with van der Waals surface area (Å²) < 4.78 is 10.7. The second-order valence-electron chi connectivity index (χ2n) is 6.80. The minimum absolute atomic E-state index is 0.0820. The largest absolute Gasteiger partial charge is 0.453 e. The number of nitrogens with zero attached hydrogens (tertiary/aromatic N) is 2. The van der Waals surface area contributed by atoms with Crippen LogP contribution in [0.5, 0.6) is 0 Å². The number of nitro groups is 1. The lowest BCUT2D eigenvalue weighted by Gasteiger charge is -2.20. The zero-order valence-corrected chi connectivity index (χ0v) is 15.5. The van der Waals surface area contributed by atoms with Gasteiger partial charge in [-0.1, -0.05) is 18.2 Å². The molecule has 8 heteroatoms. The van der Waals surface area contributed by atoms with Gasteiger partial charge in [-0.3, -0.25) is 14.9 Å². The smallest absolute Gasteiger partial charge is 0.340 e. The molecule has 2 aromatic carbocycles. The highest BCUT2D eigenvalue weighted by Crippen LogP contribution is 2.29. The number of furan rings is 1. The summed E-state index contributed by atoms with van der Waals surface area (Å²) in [6.07, 6.45) is 1.96. The summed E-state index contributed by atoms with van der Waals surface area (Å²) in [4.78, 5) is 37.6. The van der Waals surface area contributed by atoms with E-state index >= 15 is 0 Å². The first kappa shape index (κ1) is 18.7. The highest BCUT2D eigenvalue weighted by Gasteiger charge is 2.24. The molecular weight excluding hydrogens is 376 g/mol. The van der Waals surface area contributed by atoms with Crippen LogP contribution in [0.15, 0.2) is 52.9 Å². The lowest BCUT2D eigenvalue weighted by atomic mass is 10.1. The van der Waals surface area contributed by atoms with Crippen LogP contribution >= 0.6 is 0 Å². The normalized spacial score (nSPS) is 13.6. The Balaban J connectivity index is 1.53. The van der Waals surface area contributed by atoms with Gasteiger partial charge in [0.2, 0.25) is 5.78 Å². The van der Waals surface area contributed by atoms with Gasteiger partial charge in [-0.25, -0.2) is 4.79 Å². The molecule has 0 radical (unpaired) electrons. The first-order valence-corrected chi connectivity index (χ1v) is 9.25. The Morgan fingerprint density at radius 3 is 2.59 bits per heavy atom. The fourth-order valence-electron chi connectivity index (χ4n) is 3.43. The Kier molecular flexibility index (Phi) is 4.99. The van der Waals surface area contributed by atoms with Gasteiger partial charge in [0.25, 0.3) is 5.69 Å². The Hall–Kier alpha value is -3.68. The fourth-order valence-corrected chi connectivity index (χ4v) is 3.43. The molecule has 4 rings (SSSR count). The number of rotatable bonds is 6. The van der Waals surface area contributed by atoms with E-state index in [0.29, 0.717) is 11.3 Å². The highest BCUT2D eigenvalue weighted by atomic mass is 16.6. The fraction of sp³-hybridized carbons (Fsp3) is 0.238. The Morgan fingerprint density at radius 1 is 1.10 bits per heavy atom. The van der Waals surface area contributed by atoms with Crippen LogP contribution in [0, 0.1) is 10.1 Å². The third-order valence-corrected chi connectivity index (χ3v) is 4.89. The van der Waals surface area contributed by atoms with E-state index in [4.69, 9.17) is 9.15 Å². The van der Waals surface area contributed by atoms with Crippen molar-refractivity contribution in [3.8, 4) is 0 Å². The number of non-ortho nitro benzene ring substituents is 1. The van der Waals surface area contributed by atoms with Crippen LogP contribution in [0.4, 0.5) is 11.4 Å².